The minimum atomic E-state index is -4.48. The molecule has 0 aliphatic rings. The van der Waals surface area contributed by atoms with E-state index in [1.165, 1.54) is 6.92 Å². The standard InChI is InChI=1S/C8H7F3INO/c1-4-3-5(8(9,10)11)13(2)7(14)6(4)12/h3H,1-2H3. The number of rotatable bonds is 0. The van der Waals surface area contributed by atoms with Crippen molar-refractivity contribution in [2.75, 3.05) is 0 Å². The summed E-state index contributed by atoms with van der Waals surface area (Å²) < 4.78 is 38.1. The molecule has 0 bridgehead atoms. The molecule has 0 aliphatic heterocycles. The van der Waals surface area contributed by atoms with Crippen LogP contribution in [0.2, 0.25) is 0 Å². The molecule has 0 radical (unpaired) electrons. The highest BCUT2D eigenvalue weighted by atomic mass is 127. The van der Waals surface area contributed by atoms with Gasteiger partial charge in [-0.25, -0.2) is 0 Å². The van der Waals surface area contributed by atoms with E-state index < -0.39 is 17.4 Å². The third-order valence-electron chi connectivity index (χ3n) is 1.84. The maximum atomic E-state index is 12.4. The van der Waals surface area contributed by atoms with Crippen LogP contribution in [0.5, 0.6) is 0 Å². The zero-order valence-electron chi connectivity index (χ0n) is 7.44. The molecule has 0 spiro atoms. The van der Waals surface area contributed by atoms with Crippen LogP contribution in [0.4, 0.5) is 13.2 Å². The van der Waals surface area contributed by atoms with Gasteiger partial charge in [0.25, 0.3) is 5.56 Å². The van der Waals surface area contributed by atoms with Crippen molar-refractivity contribution in [2.24, 2.45) is 7.05 Å². The number of hydrogen-bond donors (Lipinski definition) is 0. The lowest BCUT2D eigenvalue weighted by molar-refractivity contribution is -0.143. The first-order chi connectivity index (χ1) is 6.25. The van der Waals surface area contributed by atoms with Crippen LogP contribution in [0.25, 0.3) is 0 Å². The quantitative estimate of drug-likeness (QED) is 0.673. The molecular weight excluding hydrogens is 310 g/mol. The number of pyridine rings is 1. The second-order valence-corrected chi connectivity index (χ2v) is 3.97. The molecule has 2 nitrogen and oxygen atoms in total. The largest absolute Gasteiger partial charge is 0.431 e. The van der Waals surface area contributed by atoms with Gasteiger partial charge < -0.3 is 4.57 Å². The molecule has 14 heavy (non-hydrogen) atoms. The van der Waals surface area contributed by atoms with Gasteiger partial charge in [-0.15, -0.1) is 0 Å². The van der Waals surface area contributed by atoms with Crippen molar-refractivity contribution in [3.63, 3.8) is 0 Å². The molecule has 1 heterocycles. The molecule has 1 aromatic heterocycles. The van der Waals surface area contributed by atoms with Gasteiger partial charge in [-0.05, 0) is 41.1 Å². The van der Waals surface area contributed by atoms with E-state index in [4.69, 9.17) is 0 Å². The molecule has 0 saturated heterocycles. The first-order valence-electron chi connectivity index (χ1n) is 3.68. The molecule has 0 N–H and O–H groups in total. The topological polar surface area (TPSA) is 22.0 Å². The number of aryl methyl sites for hydroxylation is 1. The Hall–Kier alpha value is -0.530. The van der Waals surface area contributed by atoms with E-state index in [0.29, 0.717) is 13.7 Å². The zero-order chi connectivity index (χ0) is 11.1. The second-order valence-electron chi connectivity index (χ2n) is 2.89. The lowest BCUT2D eigenvalue weighted by atomic mass is 10.2. The fourth-order valence-electron chi connectivity index (χ4n) is 1.06. The summed E-state index contributed by atoms with van der Waals surface area (Å²) >= 11 is 1.74. The van der Waals surface area contributed by atoms with Gasteiger partial charge in [-0.3, -0.25) is 4.79 Å². The molecule has 1 rings (SSSR count). The molecule has 0 aliphatic carbocycles. The second kappa shape index (κ2) is 3.56. The SMILES string of the molecule is Cc1cc(C(F)(F)F)n(C)c(=O)c1I. The number of nitrogens with zero attached hydrogens (tertiary/aromatic N) is 1. The van der Waals surface area contributed by atoms with Crippen LogP contribution in [0, 0.1) is 10.5 Å². The summed E-state index contributed by atoms with van der Waals surface area (Å²) in [5.41, 5.74) is -1.18. The highest BCUT2D eigenvalue weighted by Crippen LogP contribution is 2.28. The van der Waals surface area contributed by atoms with Gasteiger partial charge in [0.1, 0.15) is 5.69 Å². The number of alkyl halides is 3. The van der Waals surface area contributed by atoms with E-state index in [9.17, 15) is 18.0 Å². The molecule has 0 amide bonds. The highest BCUT2D eigenvalue weighted by Gasteiger charge is 2.34. The average molecular weight is 317 g/mol. The van der Waals surface area contributed by atoms with Gasteiger partial charge in [-0.2, -0.15) is 13.2 Å². The molecule has 0 unspecified atom stereocenters. The van der Waals surface area contributed by atoms with Crippen LogP contribution in [0.3, 0.4) is 0 Å². The molecule has 78 valence electrons. The minimum Gasteiger partial charge on any atom is -0.307 e. The Morgan fingerprint density at radius 3 is 2.36 bits per heavy atom. The van der Waals surface area contributed by atoms with Crippen molar-refractivity contribution in [1.29, 1.82) is 0 Å². The Balaban J connectivity index is 3.58. The summed E-state index contributed by atoms with van der Waals surface area (Å²) in [6, 6.07) is 0.975. The van der Waals surface area contributed by atoms with Crippen molar-refractivity contribution in [1.82, 2.24) is 4.57 Å². The van der Waals surface area contributed by atoms with E-state index in [1.54, 1.807) is 22.6 Å². The van der Waals surface area contributed by atoms with E-state index in [-0.39, 0.29) is 0 Å². The lowest BCUT2D eigenvalue weighted by Gasteiger charge is -2.13. The number of halogens is 4. The van der Waals surface area contributed by atoms with Crippen LogP contribution in [0.1, 0.15) is 11.3 Å². The van der Waals surface area contributed by atoms with Crippen LogP contribution < -0.4 is 5.56 Å². The average Bonchev–Trinajstić information content (AvgIpc) is 2.06. The molecule has 6 heteroatoms. The fourth-order valence-corrected chi connectivity index (χ4v) is 1.58. The molecule has 1 aromatic rings. The van der Waals surface area contributed by atoms with Gasteiger partial charge in [0.05, 0.1) is 3.57 Å². The summed E-state index contributed by atoms with van der Waals surface area (Å²) in [6.45, 7) is 1.48. The summed E-state index contributed by atoms with van der Waals surface area (Å²) in [5.74, 6) is 0. The van der Waals surface area contributed by atoms with Crippen LogP contribution in [-0.4, -0.2) is 4.57 Å². The van der Waals surface area contributed by atoms with E-state index in [1.807, 2.05) is 0 Å². The maximum absolute atomic E-state index is 12.4. The smallest absolute Gasteiger partial charge is 0.307 e. The van der Waals surface area contributed by atoms with Gasteiger partial charge in [0.2, 0.25) is 0 Å². The Morgan fingerprint density at radius 2 is 1.93 bits per heavy atom. The molecule has 0 aromatic carbocycles. The van der Waals surface area contributed by atoms with Crippen molar-refractivity contribution < 1.29 is 13.2 Å². The fraction of sp³-hybridized carbons (Fsp3) is 0.375. The summed E-state index contributed by atoms with van der Waals surface area (Å²) in [5, 5.41) is 0. The molecule has 0 fully saturated rings. The van der Waals surface area contributed by atoms with Crippen LogP contribution in [0.15, 0.2) is 10.9 Å². The summed E-state index contributed by atoms with van der Waals surface area (Å²) in [7, 11) is 1.12. The first kappa shape index (κ1) is 11.5. The number of aromatic nitrogens is 1. The van der Waals surface area contributed by atoms with Crippen LogP contribution >= 0.6 is 22.6 Å². The summed E-state index contributed by atoms with van der Waals surface area (Å²) in [4.78, 5) is 11.3. The minimum absolute atomic E-state index is 0.318. The predicted molar refractivity (Wildman–Crippen MR) is 54.1 cm³/mol. The van der Waals surface area contributed by atoms with Crippen molar-refractivity contribution in [3.05, 3.63) is 31.2 Å². The normalized spacial score (nSPS) is 11.9. The van der Waals surface area contributed by atoms with Gasteiger partial charge in [-0.1, -0.05) is 0 Å². The number of hydrogen-bond acceptors (Lipinski definition) is 1. The summed E-state index contributed by atoms with van der Waals surface area (Å²) in [6.07, 6.45) is -4.48. The van der Waals surface area contributed by atoms with Gasteiger partial charge in [0.15, 0.2) is 0 Å². The monoisotopic (exact) mass is 317 g/mol. The van der Waals surface area contributed by atoms with Crippen molar-refractivity contribution >= 4 is 22.6 Å². The maximum Gasteiger partial charge on any atom is 0.431 e. The van der Waals surface area contributed by atoms with Crippen molar-refractivity contribution in [2.45, 2.75) is 13.1 Å². The molecule has 0 atom stereocenters. The zero-order valence-corrected chi connectivity index (χ0v) is 9.60. The predicted octanol–water partition coefficient (Wildman–Crippen LogP) is 2.32. The Labute approximate surface area is 91.9 Å². The van der Waals surface area contributed by atoms with Gasteiger partial charge in [0, 0.05) is 7.05 Å². The molecular formula is C8H7F3INO. The Kier molecular flexibility index (Phi) is 2.93. The van der Waals surface area contributed by atoms with E-state index in [0.717, 1.165) is 13.1 Å². The Bertz CT molecular complexity index is 422. The first-order valence-corrected chi connectivity index (χ1v) is 4.76. The highest BCUT2D eigenvalue weighted by molar-refractivity contribution is 14.1. The van der Waals surface area contributed by atoms with E-state index in [2.05, 4.69) is 0 Å². The third kappa shape index (κ3) is 1.94. The van der Waals surface area contributed by atoms with E-state index >= 15 is 0 Å². The van der Waals surface area contributed by atoms with Crippen molar-refractivity contribution in [3.8, 4) is 0 Å². The Morgan fingerprint density at radius 1 is 1.43 bits per heavy atom. The van der Waals surface area contributed by atoms with Crippen LogP contribution in [-0.2, 0) is 13.2 Å². The van der Waals surface area contributed by atoms with Gasteiger partial charge >= 0.3 is 6.18 Å². The lowest BCUT2D eigenvalue weighted by Crippen LogP contribution is -2.28. The third-order valence-corrected chi connectivity index (χ3v) is 3.16. The molecule has 0 saturated carbocycles.